The molecule has 1 N–H and O–H groups in total. The molecule has 24 heavy (non-hydrogen) atoms. The van der Waals surface area contributed by atoms with E-state index >= 15 is 0 Å². The molecular formula is C17H15N5OS. The van der Waals surface area contributed by atoms with Crippen molar-refractivity contribution in [3.63, 3.8) is 0 Å². The molecule has 1 aromatic carbocycles. The van der Waals surface area contributed by atoms with Crippen LogP contribution >= 0.6 is 11.8 Å². The molecule has 2 aromatic heterocycles. The highest BCUT2D eigenvalue weighted by molar-refractivity contribution is 7.98. The molecule has 3 aromatic rings. The molecule has 3 rings (SSSR count). The zero-order valence-corrected chi connectivity index (χ0v) is 14.3. The largest absolute Gasteiger partial charge is 0.300 e. The van der Waals surface area contributed by atoms with Gasteiger partial charge < -0.3 is 4.98 Å². The zero-order valence-electron chi connectivity index (χ0n) is 13.5. The van der Waals surface area contributed by atoms with Crippen LogP contribution in [0.4, 0.5) is 0 Å². The Bertz CT molecular complexity index is 999. The Morgan fingerprint density at radius 2 is 2.12 bits per heavy atom. The van der Waals surface area contributed by atoms with Crippen LogP contribution < -0.4 is 5.56 Å². The highest BCUT2D eigenvalue weighted by Crippen LogP contribution is 2.31. The normalized spacial score (nSPS) is 10.6. The Hall–Kier alpha value is -2.85. The number of nitrogens with zero attached hydrogens (tertiary/aromatic N) is 4. The number of aromatic nitrogens is 4. The first-order valence-electron chi connectivity index (χ1n) is 7.25. The molecule has 0 fully saturated rings. The fourth-order valence-electron chi connectivity index (χ4n) is 2.68. The van der Waals surface area contributed by atoms with E-state index in [0.717, 1.165) is 22.4 Å². The third-order valence-corrected chi connectivity index (χ3v) is 4.23. The third kappa shape index (κ3) is 2.72. The Morgan fingerprint density at radius 3 is 2.75 bits per heavy atom. The predicted molar refractivity (Wildman–Crippen MR) is 93.4 cm³/mol. The topological polar surface area (TPSA) is 87.4 Å². The number of aromatic amines is 1. The van der Waals surface area contributed by atoms with Crippen LogP contribution in [0.15, 0.2) is 40.5 Å². The molecule has 2 heterocycles. The van der Waals surface area contributed by atoms with Gasteiger partial charge in [0.25, 0.3) is 5.56 Å². The standard InChI is InChI=1S/C17H15N5OS/c1-10-7-11(2)14(13(8-10)22-6-4-5-19-22)15-12(9-18)16(23)21-17(20-15)24-3/h4-8H,1-3H3,(H,20,21,23). The number of benzene rings is 1. The van der Waals surface area contributed by atoms with Gasteiger partial charge in [-0.05, 0) is 43.4 Å². The number of H-pyrrole nitrogens is 1. The molecule has 0 saturated heterocycles. The van der Waals surface area contributed by atoms with Crippen molar-refractivity contribution in [2.24, 2.45) is 0 Å². The van der Waals surface area contributed by atoms with E-state index in [9.17, 15) is 10.1 Å². The minimum atomic E-state index is -0.432. The fraction of sp³-hybridized carbons (Fsp3) is 0.176. The highest BCUT2D eigenvalue weighted by Gasteiger charge is 2.19. The van der Waals surface area contributed by atoms with E-state index in [-0.39, 0.29) is 5.56 Å². The van der Waals surface area contributed by atoms with Gasteiger partial charge in [-0.25, -0.2) is 9.67 Å². The first kappa shape index (κ1) is 16.0. The summed E-state index contributed by atoms with van der Waals surface area (Å²) in [6, 6.07) is 7.78. The second-order valence-corrected chi connectivity index (χ2v) is 6.13. The quantitative estimate of drug-likeness (QED) is 0.586. The molecule has 0 atom stereocenters. The van der Waals surface area contributed by atoms with Crippen molar-refractivity contribution in [2.45, 2.75) is 19.0 Å². The van der Waals surface area contributed by atoms with E-state index in [1.54, 1.807) is 10.9 Å². The van der Waals surface area contributed by atoms with E-state index < -0.39 is 5.56 Å². The van der Waals surface area contributed by atoms with E-state index in [4.69, 9.17) is 0 Å². The van der Waals surface area contributed by atoms with Gasteiger partial charge in [-0.15, -0.1) is 0 Å². The molecule has 0 saturated carbocycles. The number of hydrogen-bond donors (Lipinski definition) is 1. The number of hydrogen-bond acceptors (Lipinski definition) is 5. The Labute approximate surface area is 143 Å². The van der Waals surface area contributed by atoms with Crippen LogP contribution in [0.3, 0.4) is 0 Å². The van der Waals surface area contributed by atoms with Crippen LogP contribution in [-0.2, 0) is 0 Å². The number of rotatable bonds is 3. The van der Waals surface area contributed by atoms with Crippen LogP contribution in [0, 0.1) is 25.2 Å². The maximum Gasteiger partial charge on any atom is 0.270 e. The molecule has 6 nitrogen and oxygen atoms in total. The lowest BCUT2D eigenvalue weighted by atomic mass is 9.98. The first-order chi connectivity index (χ1) is 11.5. The van der Waals surface area contributed by atoms with E-state index in [1.807, 2.05) is 50.6 Å². The summed E-state index contributed by atoms with van der Waals surface area (Å²) >= 11 is 1.32. The van der Waals surface area contributed by atoms with Crippen molar-refractivity contribution in [1.82, 2.24) is 19.7 Å². The molecule has 0 aliphatic carbocycles. The van der Waals surface area contributed by atoms with Gasteiger partial charge in [0.05, 0.1) is 11.4 Å². The minimum Gasteiger partial charge on any atom is -0.300 e. The van der Waals surface area contributed by atoms with Crippen molar-refractivity contribution >= 4 is 11.8 Å². The van der Waals surface area contributed by atoms with Crippen LogP contribution in [0.5, 0.6) is 0 Å². The van der Waals surface area contributed by atoms with E-state index in [0.29, 0.717) is 10.9 Å². The summed E-state index contributed by atoms with van der Waals surface area (Å²) in [7, 11) is 0. The van der Waals surface area contributed by atoms with Crippen molar-refractivity contribution in [3.05, 3.63) is 57.6 Å². The molecule has 0 amide bonds. The van der Waals surface area contributed by atoms with Crippen molar-refractivity contribution in [3.8, 4) is 23.0 Å². The van der Waals surface area contributed by atoms with Gasteiger partial charge in [-0.1, -0.05) is 17.8 Å². The minimum absolute atomic E-state index is 0.00755. The molecule has 0 aliphatic rings. The predicted octanol–water partition coefficient (Wildman–Crippen LogP) is 2.83. The second-order valence-electron chi connectivity index (χ2n) is 5.34. The summed E-state index contributed by atoms with van der Waals surface area (Å²) in [4.78, 5) is 19.4. The third-order valence-electron chi connectivity index (χ3n) is 3.65. The molecule has 0 radical (unpaired) electrons. The lowest BCUT2D eigenvalue weighted by Crippen LogP contribution is -2.16. The van der Waals surface area contributed by atoms with Gasteiger partial charge in [0.1, 0.15) is 11.6 Å². The lowest BCUT2D eigenvalue weighted by molar-refractivity contribution is 0.874. The maximum atomic E-state index is 12.2. The van der Waals surface area contributed by atoms with Gasteiger partial charge in [0, 0.05) is 18.0 Å². The molecule has 0 unspecified atom stereocenters. The van der Waals surface area contributed by atoms with Crippen LogP contribution in [-0.4, -0.2) is 26.0 Å². The van der Waals surface area contributed by atoms with Crippen LogP contribution in [0.25, 0.3) is 16.9 Å². The van der Waals surface area contributed by atoms with Gasteiger partial charge in [-0.2, -0.15) is 10.4 Å². The van der Waals surface area contributed by atoms with Gasteiger partial charge in [0.15, 0.2) is 5.16 Å². The monoisotopic (exact) mass is 337 g/mol. The Kier molecular flexibility index (Phi) is 4.23. The summed E-state index contributed by atoms with van der Waals surface area (Å²) in [6.07, 6.45) is 5.34. The number of aryl methyl sites for hydroxylation is 2. The summed E-state index contributed by atoms with van der Waals surface area (Å²) in [6.45, 7) is 3.94. The zero-order chi connectivity index (χ0) is 17.3. The summed E-state index contributed by atoms with van der Waals surface area (Å²) in [5, 5.41) is 14.2. The number of nitriles is 1. The average molecular weight is 337 g/mol. The van der Waals surface area contributed by atoms with Gasteiger partial charge >= 0.3 is 0 Å². The highest BCUT2D eigenvalue weighted by atomic mass is 32.2. The number of nitrogens with one attached hydrogen (secondary N) is 1. The fourth-order valence-corrected chi connectivity index (χ4v) is 3.06. The van der Waals surface area contributed by atoms with Crippen molar-refractivity contribution in [2.75, 3.05) is 6.26 Å². The van der Waals surface area contributed by atoms with Crippen LogP contribution in [0.2, 0.25) is 0 Å². The Balaban J connectivity index is 2.42. The summed E-state index contributed by atoms with van der Waals surface area (Å²) in [5.74, 6) is 0. The van der Waals surface area contributed by atoms with Crippen LogP contribution in [0.1, 0.15) is 16.7 Å². The lowest BCUT2D eigenvalue weighted by Gasteiger charge is -2.15. The SMILES string of the molecule is CSc1nc(-c2c(C)cc(C)cc2-n2cccn2)c(C#N)c(=O)[nH]1. The van der Waals surface area contributed by atoms with Crippen molar-refractivity contribution < 1.29 is 0 Å². The average Bonchev–Trinajstić information content (AvgIpc) is 3.07. The van der Waals surface area contributed by atoms with Crippen molar-refractivity contribution in [1.29, 1.82) is 5.26 Å². The molecule has 0 aliphatic heterocycles. The smallest absolute Gasteiger partial charge is 0.270 e. The second kappa shape index (κ2) is 6.34. The maximum absolute atomic E-state index is 12.2. The number of thioether (sulfide) groups is 1. The van der Waals surface area contributed by atoms with E-state index in [1.165, 1.54) is 11.8 Å². The first-order valence-corrected chi connectivity index (χ1v) is 8.47. The molecule has 0 spiro atoms. The Morgan fingerprint density at radius 1 is 1.33 bits per heavy atom. The molecule has 120 valence electrons. The molecule has 0 bridgehead atoms. The summed E-state index contributed by atoms with van der Waals surface area (Å²) in [5.41, 5.74) is 3.48. The van der Waals surface area contributed by atoms with Gasteiger partial charge in [0.2, 0.25) is 0 Å². The van der Waals surface area contributed by atoms with E-state index in [2.05, 4.69) is 15.1 Å². The summed E-state index contributed by atoms with van der Waals surface area (Å²) < 4.78 is 1.72. The molecular weight excluding hydrogens is 322 g/mol. The molecule has 7 heteroatoms. The van der Waals surface area contributed by atoms with Gasteiger partial charge in [-0.3, -0.25) is 4.79 Å².